The molecule has 0 aliphatic heterocycles. The van der Waals surface area contributed by atoms with Crippen molar-refractivity contribution in [1.82, 2.24) is 15.0 Å². The number of furan rings is 2. The lowest BCUT2D eigenvalue weighted by Crippen LogP contribution is -2.00. The van der Waals surface area contributed by atoms with E-state index in [-0.39, 0.29) is 0 Å². The molecule has 252 valence electrons. The lowest BCUT2D eigenvalue weighted by atomic mass is 9.95. The Morgan fingerprint density at radius 2 is 0.815 bits per heavy atom. The van der Waals surface area contributed by atoms with Crippen molar-refractivity contribution >= 4 is 54.6 Å². The molecule has 0 radical (unpaired) electrons. The first-order chi connectivity index (χ1) is 26.7. The summed E-state index contributed by atoms with van der Waals surface area (Å²) in [4.78, 5) is 15.4. The summed E-state index contributed by atoms with van der Waals surface area (Å²) in [6.07, 6.45) is 0. The van der Waals surface area contributed by atoms with Crippen LogP contribution in [0.3, 0.4) is 0 Å². The Hall–Kier alpha value is -7.37. The molecule has 0 aliphatic carbocycles. The van der Waals surface area contributed by atoms with Gasteiger partial charge in [0.15, 0.2) is 17.5 Å². The highest BCUT2D eigenvalue weighted by Gasteiger charge is 2.20. The van der Waals surface area contributed by atoms with E-state index < -0.39 is 0 Å². The smallest absolute Gasteiger partial charge is 0.167 e. The summed E-state index contributed by atoms with van der Waals surface area (Å²) in [6, 6.07) is 60.4. The van der Waals surface area contributed by atoms with Crippen LogP contribution in [0.4, 0.5) is 0 Å². The topological polar surface area (TPSA) is 65.0 Å². The third kappa shape index (κ3) is 4.90. The van der Waals surface area contributed by atoms with Crippen LogP contribution in [0.25, 0.3) is 111 Å². The van der Waals surface area contributed by atoms with Crippen LogP contribution in [0, 0.1) is 0 Å². The van der Waals surface area contributed by atoms with Crippen molar-refractivity contribution in [3.8, 4) is 56.4 Å². The average Bonchev–Trinajstić information content (AvgIpc) is 3.82. The SMILES string of the molecule is c1ccc(-c2ccc(-c3nc(-c4ccc5oc6c7ccccc7c(-c7ccccc7)cc6c5c4)nc(-c4cccc5c4oc4ccccc45)n3)cc2)cc1. The molecule has 0 fully saturated rings. The second kappa shape index (κ2) is 12.1. The number of benzene rings is 8. The Balaban J connectivity index is 1.12. The Kier molecular flexibility index (Phi) is 6.79. The predicted molar refractivity (Wildman–Crippen MR) is 219 cm³/mol. The predicted octanol–water partition coefficient (Wildman–Crippen LogP) is 13.2. The highest BCUT2D eigenvalue weighted by Crippen LogP contribution is 2.41. The fraction of sp³-hybridized carbons (Fsp3) is 0. The number of hydrogen-bond donors (Lipinski definition) is 0. The lowest BCUT2D eigenvalue weighted by molar-refractivity contribution is 0.669. The summed E-state index contributed by atoms with van der Waals surface area (Å²) in [5.74, 6) is 1.69. The molecule has 0 amide bonds. The Morgan fingerprint density at radius 3 is 1.61 bits per heavy atom. The monoisotopic (exact) mass is 691 g/mol. The number of para-hydroxylation sites is 2. The summed E-state index contributed by atoms with van der Waals surface area (Å²) < 4.78 is 13.1. The third-order valence-corrected chi connectivity index (χ3v) is 10.4. The molecule has 0 aliphatic rings. The molecule has 11 rings (SSSR count). The van der Waals surface area contributed by atoms with Gasteiger partial charge >= 0.3 is 0 Å². The second-order valence-corrected chi connectivity index (χ2v) is 13.6. The summed E-state index contributed by atoms with van der Waals surface area (Å²) in [7, 11) is 0. The molecule has 5 heteroatoms. The van der Waals surface area contributed by atoms with Gasteiger partial charge in [-0.1, -0.05) is 140 Å². The highest BCUT2D eigenvalue weighted by molar-refractivity contribution is 6.19. The van der Waals surface area contributed by atoms with E-state index in [1.54, 1.807) is 0 Å². The van der Waals surface area contributed by atoms with Crippen LogP contribution in [-0.2, 0) is 0 Å². The zero-order valence-electron chi connectivity index (χ0n) is 28.9. The molecule has 0 spiro atoms. The molecule has 0 saturated carbocycles. The lowest BCUT2D eigenvalue weighted by Gasteiger charge is -2.10. The van der Waals surface area contributed by atoms with Crippen molar-refractivity contribution in [3.63, 3.8) is 0 Å². The van der Waals surface area contributed by atoms with Gasteiger partial charge in [0.2, 0.25) is 0 Å². The fourth-order valence-electron chi connectivity index (χ4n) is 7.71. The number of fused-ring (bicyclic) bond motifs is 8. The Morgan fingerprint density at radius 1 is 0.278 bits per heavy atom. The molecular weight excluding hydrogens is 663 g/mol. The molecular formula is C49H29N3O2. The molecule has 0 saturated heterocycles. The minimum atomic E-state index is 0.543. The standard InChI is InChI=1S/C49H29N3O2/c1-3-12-30(13-4-1)31-22-24-33(25-23-31)47-50-48(52-49(51-47)39-20-11-19-38-36-17-9-10-21-43(36)53-45(38)39)34-26-27-44-41(28-34)42-29-40(32-14-5-2-6-15-32)35-16-7-8-18-37(35)46(42)54-44/h1-29H. The van der Waals surface area contributed by atoms with Crippen LogP contribution in [0.15, 0.2) is 185 Å². The normalized spacial score (nSPS) is 11.7. The van der Waals surface area contributed by atoms with Crippen LogP contribution >= 0.6 is 0 Å². The van der Waals surface area contributed by atoms with Crippen molar-refractivity contribution < 1.29 is 8.83 Å². The molecule has 0 N–H and O–H groups in total. The molecule has 8 aromatic carbocycles. The fourth-order valence-corrected chi connectivity index (χ4v) is 7.71. The maximum Gasteiger partial charge on any atom is 0.167 e. The average molecular weight is 692 g/mol. The van der Waals surface area contributed by atoms with Crippen molar-refractivity contribution in [2.24, 2.45) is 0 Å². The van der Waals surface area contributed by atoms with E-state index in [0.717, 1.165) is 93.6 Å². The second-order valence-electron chi connectivity index (χ2n) is 13.6. The molecule has 0 atom stereocenters. The zero-order valence-corrected chi connectivity index (χ0v) is 28.9. The maximum absolute atomic E-state index is 6.59. The summed E-state index contributed by atoms with van der Waals surface area (Å²) in [5, 5.41) is 6.35. The van der Waals surface area contributed by atoms with Gasteiger partial charge in [-0.3, -0.25) is 0 Å². The first kappa shape index (κ1) is 30.3. The summed E-state index contributed by atoms with van der Waals surface area (Å²) >= 11 is 0. The molecule has 0 unspecified atom stereocenters. The van der Waals surface area contributed by atoms with Gasteiger partial charge in [-0.05, 0) is 64.0 Å². The number of nitrogens with zero attached hydrogens (tertiary/aromatic N) is 3. The van der Waals surface area contributed by atoms with Gasteiger partial charge in [-0.25, -0.2) is 15.0 Å². The van der Waals surface area contributed by atoms with E-state index in [0.29, 0.717) is 17.5 Å². The van der Waals surface area contributed by atoms with Gasteiger partial charge in [-0.15, -0.1) is 0 Å². The Labute approximate surface area is 309 Å². The molecule has 5 nitrogen and oxygen atoms in total. The number of aromatic nitrogens is 3. The third-order valence-electron chi connectivity index (χ3n) is 10.4. The van der Waals surface area contributed by atoms with Gasteiger partial charge in [0.05, 0.1) is 5.56 Å². The van der Waals surface area contributed by atoms with E-state index in [1.165, 1.54) is 0 Å². The Bertz CT molecular complexity index is 3200. The van der Waals surface area contributed by atoms with E-state index in [4.69, 9.17) is 23.8 Å². The molecule has 11 aromatic rings. The zero-order chi connectivity index (χ0) is 35.6. The van der Waals surface area contributed by atoms with Gasteiger partial charge in [0, 0.05) is 38.1 Å². The highest BCUT2D eigenvalue weighted by atomic mass is 16.3. The van der Waals surface area contributed by atoms with Crippen LogP contribution < -0.4 is 0 Å². The van der Waals surface area contributed by atoms with E-state index >= 15 is 0 Å². The maximum atomic E-state index is 6.59. The van der Waals surface area contributed by atoms with Crippen LogP contribution in [0.2, 0.25) is 0 Å². The van der Waals surface area contributed by atoms with Crippen LogP contribution in [-0.4, -0.2) is 15.0 Å². The quantitative estimate of drug-likeness (QED) is 0.180. The summed E-state index contributed by atoms with van der Waals surface area (Å²) in [6.45, 7) is 0. The van der Waals surface area contributed by atoms with Crippen LogP contribution in [0.5, 0.6) is 0 Å². The van der Waals surface area contributed by atoms with E-state index in [9.17, 15) is 0 Å². The van der Waals surface area contributed by atoms with Crippen molar-refractivity contribution in [1.29, 1.82) is 0 Å². The summed E-state index contributed by atoms with van der Waals surface area (Å²) in [5.41, 5.74) is 10.4. The molecule has 3 heterocycles. The minimum Gasteiger partial charge on any atom is -0.455 e. The largest absolute Gasteiger partial charge is 0.455 e. The van der Waals surface area contributed by atoms with Crippen LogP contribution in [0.1, 0.15) is 0 Å². The van der Waals surface area contributed by atoms with Gasteiger partial charge in [0.25, 0.3) is 0 Å². The molecule has 54 heavy (non-hydrogen) atoms. The first-order valence-corrected chi connectivity index (χ1v) is 18.0. The number of rotatable bonds is 5. The van der Waals surface area contributed by atoms with Gasteiger partial charge < -0.3 is 8.83 Å². The van der Waals surface area contributed by atoms with Crippen molar-refractivity contribution in [3.05, 3.63) is 176 Å². The van der Waals surface area contributed by atoms with Gasteiger partial charge in [-0.2, -0.15) is 0 Å². The minimum absolute atomic E-state index is 0.543. The van der Waals surface area contributed by atoms with E-state index in [2.05, 4.69) is 121 Å². The van der Waals surface area contributed by atoms with Crippen molar-refractivity contribution in [2.75, 3.05) is 0 Å². The molecule has 0 bridgehead atoms. The van der Waals surface area contributed by atoms with E-state index in [1.807, 2.05) is 54.6 Å². The first-order valence-electron chi connectivity index (χ1n) is 18.0. The molecule has 3 aromatic heterocycles. The van der Waals surface area contributed by atoms with Crippen molar-refractivity contribution in [2.45, 2.75) is 0 Å². The van der Waals surface area contributed by atoms with Gasteiger partial charge in [0.1, 0.15) is 22.3 Å². The number of hydrogen-bond acceptors (Lipinski definition) is 5.